The lowest BCUT2D eigenvalue weighted by Crippen LogP contribution is -2.19. The zero-order chi connectivity index (χ0) is 16.7. The summed E-state index contributed by atoms with van der Waals surface area (Å²) in [6.45, 7) is 5.25. The Morgan fingerprint density at radius 1 is 0.957 bits per heavy atom. The van der Waals surface area contributed by atoms with E-state index in [1.54, 1.807) is 0 Å². The monoisotopic (exact) mass is 338 g/mol. The molecule has 0 atom stereocenters. The zero-order valence-electron chi connectivity index (χ0n) is 13.4. The van der Waals surface area contributed by atoms with Crippen LogP contribution in [-0.2, 0) is 19.6 Å². The van der Waals surface area contributed by atoms with Crippen LogP contribution in [0, 0.1) is 6.92 Å². The highest BCUT2D eigenvalue weighted by molar-refractivity contribution is 7.87. The van der Waals surface area contributed by atoms with E-state index in [0.29, 0.717) is 25.6 Å². The Morgan fingerprint density at radius 2 is 1.70 bits per heavy atom. The van der Waals surface area contributed by atoms with Gasteiger partial charge in [-0.3, -0.25) is 0 Å². The van der Waals surface area contributed by atoms with Crippen molar-refractivity contribution in [1.29, 1.82) is 0 Å². The maximum absolute atomic E-state index is 12.2. The van der Waals surface area contributed by atoms with Crippen molar-refractivity contribution in [2.45, 2.75) is 13.8 Å². The number of benzene rings is 2. The van der Waals surface area contributed by atoms with E-state index in [4.69, 9.17) is 13.7 Å². The van der Waals surface area contributed by atoms with Crippen molar-refractivity contribution in [2.24, 2.45) is 0 Å². The Bertz CT molecular complexity index is 740. The van der Waals surface area contributed by atoms with Crippen LogP contribution in [0.5, 0.6) is 5.75 Å². The van der Waals surface area contributed by atoms with Gasteiger partial charge in [0, 0.05) is 12.0 Å². The molecular formula is C17H22O5S. The van der Waals surface area contributed by atoms with Gasteiger partial charge in [-0.2, -0.15) is 8.42 Å². The van der Waals surface area contributed by atoms with Gasteiger partial charge in [0.25, 0.3) is 0 Å². The van der Waals surface area contributed by atoms with E-state index < -0.39 is 10.1 Å². The van der Waals surface area contributed by atoms with Crippen molar-refractivity contribution in [3.63, 3.8) is 0 Å². The van der Waals surface area contributed by atoms with Crippen molar-refractivity contribution in [2.75, 3.05) is 32.2 Å². The molecule has 0 aliphatic carbocycles. The Hall–Kier alpha value is -1.63. The molecule has 0 aromatic heterocycles. The highest BCUT2D eigenvalue weighted by Gasteiger charge is 2.16. The molecular weight excluding hydrogens is 316 g/mol. The average molecular weight is 338 g/mol. The van der Waals surface area contributed by atoms with Gasteiger partial charge in [-0.05, 0) is 24.8 Å². The minimum atomic E-state index is -3.71. The van der Waals surface area contributed by atoms with Crippen LogP contribution >= 0.6 is 0 Å². The highest BCUT2D eigenvalue weighted by atomic mass is 32.2. The summed E-state index contributed by atoms with van der Waals surface area (Å²) < 4.78 is 40.0. The maximum Gasteiger partial charge on any atom is 0.311 e. The molecule has 0 radical (unpaired) electrons. The van der Waals surface area contributed by atoms with Gasteiger partial charge in [0.05, 0.1) is 19.8 Å². The van der Waals surface area contributed by atoms with Crippen molar-refractivity contribution in [3.05, 3.63) is 42.0 Å². The van der Waals surface area contributed by atoms with Gasteiger partial charge in [0.1, 0.15) is 5.75 Å². The molecule has 23 heavy (non-hydrogen) atoms. The topological polar surface area (TPSA) is 61.8 Å². The molecule has 0 heterocycles. The first-order chi connectivity index (χ1) is 11.0. The number of hydrogen-bond acceptors (Lipinski definition) is 5. The van der Waals surface area contributed by atoms with Crippen LogP contribution in [-0.4, -0.2) is 40.6 Å². The van der Waals surface area contributed by atoms with Crippen molar-refractivity contribution >= 4 is 20.9 Å². The second-order valence-electron chi connectivity index (χ2n) is 5.09. The Kier molecular flexibility index (Phi) is 6.38. The summed E-state index contributed by atoms with van der Waals surface area (Å²) in [5, 5.41) is 1.73. The van der Waals surface area contributed by atoms with Gasteiger partial charge >= 0.3 is 10.1 Å². The predicted molar refractivity (Wildman–Crippen MR) is 90.4 cm³/mol. The van der Waals surface area contributed by atoms with Gasteiger partial charge in [-0.1, -0.05) is 36.4 Å². The molecule has 0 fully saturated rings. The SMILES string of the molecule is CCOCCOCCS(=O)(=O)Oc1c(C)ccc2ccccc12. The molecule has 0 N–H and O–H groups in total. The minimum Gasteiger partial charge on any atom is -0.381 e. The number of hydrogen-bond donors (Lipinski definition) is 0. The second kappa shape index (κ2) is 8.29. The molecule has 6 heteroatoms. The Balaban J connectivity index is 2.02. The van der Waals surface area contributed by atoms with E-state index in [1.807, 2.05) is 50.2 Å². The lowest BCUT2D eigenvalue weighted by Gasteiger charge is -2.12. The molecule has 126 valence electrons. The van der Waals surface area contributed by atoms with Crippen LogP contribution in [0.4, 0.5) is 0 Å². The lowest BCUT2D eigenvalue weighted by atomic mass is 10.1. The molecule has 0 spiro atoms. The molecule has 5 nitrogen and oxygen atoms in total. The van der Waals surface area contributed by atoms with E-state index in [9.17, 15) is 8.42 Å². The van der Waals surface area contributed by atoms with E-state index in [0.717, 1.165) is 16.3 Å². The fourth-order valence-corrected chi connectivity index (χ4v) is 3.04. The minimum absolute atomic E-state index is 0.0826. The Morgan fingerprint density at radius 3 is 2.48 bits per heavy atom. The third kappa shape index (κ3) is 5.20. The fraction of sp³-hybridized carbons (Fsp3) is 0.412. The highest BCUT2D eigenvalue weighted by Crippen LogP contribution is 2.30. The number of rotatable bonds is 9. The van der Waals surface area contributed by atoms with Crippen molar-refractivity contribution in [3.8, 4) is 5.75 Å². The maximum atomic E-state index is 12.2. The third-order valence-electron chi connectivity index (χ3n) is 3.34. The van der Waals surface area contributed by atoms with E-state index in [1.165, 1.54) is 0 Å². The quantitative estimate of drug-likeness (QED) is 0.520. The molecule has 0 saturated heterocycles. The molecule has 0 bridgehead atoms. The van der Waals surface area contributed by atoms with Crippen LogP contribution < -0.4 is 4.18 Å². The smallest absolute Gasteiger partial charge is 0.311 e. The molecule has 2 aromatic carbocycles. The largest absolute Gasteiger partial charge is 0.381 e. The summed E-state index contributed by atoms with van der Waals surface area (Å²) in [5.41, 5.74) is 0.782. The summed E-state index contributed by atoms with van der Waals surface area (Å²) in [6, 6.07) is 11.3. The molecule has 0 saturated carbocycles. The molecule has 0 aliphatic heterocycles. The first-order valence-corrected chi connectivity index (χ1v) is 9.17. The summed E-state index contributed by atoms with van der Waals surface area (Å²) in [6.07, 6.45) is 0. The zero-order valence-corrected chi connectivity index (χ0v) is 14.3. The van der Waals surface area contributed by atoms with Gasteiger partial charge in [0.2, 0.25) is 0 Å². The standard InChI is InChI=1S/C17H22O5S/c1-3-20-10-11-21-12-13-23(18,19)22-17-14(2)8-9-15-6-4-5-7-16(15)17/h4-9H,3,10-13H2,1-2H3. The number of aryl methyl sites for hydroxylation is 1. The van der Waals surface area contributed by atoms with Crippen LogP contribution in [0.3, 0.4) is 0 Å². The van der Waals surface area contributed by atoms with E-state index >= 15 is 0 Å². The van der Waals surface area contributed by atoms with Crippen LogP contribution in [0.15, 0.2) is 36.4 Å². The van der Waals surface area contributed by atoms with Crippen molar-refractivity contribution in [1.82, 2.24) is 0 Å². The summed E-state index contributed by atoms with van der Waals surface area (Å²) >= 11 is 0. The molecule has 2 rings (SSSR count). The van der Waals surface area contributed by atoms with Crippen LogP contribution in [0.2, 0.25) is 0 Å². The van der Waals surface area contributed by atoms with E-state index in [2.05, 4.69) is 0 Å². The second-order valence-corrected chi connectivity index (χ2v) is 6.78. The predicted octanol–water partition coefficient (Wildman–Crippen LogP) is 2.91. The van der Waals surface area contributed by atoms with Gasteiger partial charge in [-0.15, -0.1) is 0 Å². The molecule has 0 amide bonds. The average Bonchev–Trinajstić information content (AvgIpc) is 2.53. The Labute approximate surface area is 137 Å². The normalized spacial score (nSPS) is 11.7. The molecule has 0 unspecified atom stereocenters. The van der Waals surface area contributed by atoms with Gasteiger partial charge < -0.3 is 13.7 Å². The summed E-state index contributed by atoms with van der Waals surface area (Å²) in [7, 11) is -3.71. The molecule has 0 aliphatic rings. The van der Waals surface area contributed by atoms with Crippen LogP contribution in [0.1, 0.15) is 12.5 Å². The fourth-order valence-electron chi connectivity index (χ4n) is 2.16. The van der Waals surface area contributed by atoms with Gasteiger partial charge in [0.15, 0.2) is 5.75 Å². The summed E-state index contributed by atoms with van der Waals surface area (Å²) in [4.78, 5) is 0. The van der Waals surface area contributed by atoms with E-state index in [-0.39, 0.29) is 12.4 Å². The number of fused-ring (bicyclic) bond motifs is 1. The first-order valence-electron chi connectivity index (χ1n) is 7.59. The molecule has 2 aromatic rings. The lowest BCUT2D eigenvalue weighted by molar-refractivity contribution is 0.0587. The number of ether oxygens (including phenoxy) is 2. The summed E-state index contributed by atoms with van der Waals surface area (Å²) in [5.74, 6) is 0.194. The van der Waals surface area contributed by atoms with Crippen molar-refractivity contribution < 1.29 is 22.1 Å². The first kappa shape index (κ1) is 17.7. The van der Waals surface area contributed by atoms with Gasteiger partial charge in [-0.25, -0.2) is 0 Å². The third-order valence-corrected chi connectivity index (χ3v) is 4.43. The van der Waals surface area contributed by atoms with Crippen LogP contribution in [0.25, 0.3) is 10.8 Å².